The van der Waals surface area contributed by atoms with Gasteiger partial charge in [0.2, 0.25) is 0 Å². The lowest BCUT2D eigenvalue weighted by Crippen LogP contribution is -2.05. The Morgan fingerprint density at radius 2 is 2.09 bits per heavy atom. The van der Waals surface area contributed by atoms with Gasteiger partial charge in [0.1, 0.15) is 17.6 Å². The molecule has 0 aliphatic carbocycles. The summed E-state index contributed by atoms with van der Waals surface area (Å²) in [5, 5.41) is 10.5. The molecule has 1 aromatic carbocycles. The molecule has 0 atom stereocenters. The van der Waals surface area contributed by atoms with Crippen LogP contribution in [0.4, 0.5) is 0 Å². The maximum Gasteiger partial charge on any atom is 0.338 e. The fraction of sp³-hybridized carbons (Fsp3) is 0.0667. The lowest BCUT2D eigenvalue weighted by molar-refractivity contribution is 0.0473. The van der Waals surface area contributed by atoms with Gasteiger partial charge in [-0.15, -0.1) is 0 Å². The molecule has 1 N–H and O–H groups in total. The van der Waals surface area contributed by atoms with Gasteiger partial charge in [-0.3, -0.25) is 0 Å². The van der Waals surface area contributed by atoms with E-state index in [4.69, 9.17) is 4.74 Å². The van der Waals surface area contributed by atoms with Gasteiger partial charge in [-0.1, -0.05) is 6.07 Å². The van der Waals surface area contributed by atoms with Crippen molar-refractivity contribution in [3.63, 3.8) is 0 Å². The summed E-state index contributed by atoms with van der Waals surface area (Å²) >= 11 is 0. The predicted octanol–water partition coefficient (Wildman–Crippen LogP) is 1.96. The van der Waals surface area contributed by atoms with Crippen LogP contribution in [0.2, 0.25) is 0 Å². The first-order chi connectivity index (χ1) is 10.8. The molecule has 0 amide bonds. The predicted molar refractivity (Wildman–Crippen MR) is 78.2 cm³/mol. The number of aromatic nitrogens is 5. The van der Waals surface area contributed by atoms with Crippen molar-refractivity contribution in [2.45, 2.75) is 6.61 Å². The Kier molecular flexibility index (Phi) is 2.82. The zero-order chi connectivity index (χ0) is 14.9. The Morgan fingerprint density at radius 1 is 1.18 bits per heavy atom. The number of hydrogen-bond acceptors (Lipinski definition) is 5. The Balaban J connectivity index is 1.51. The van der Waals surface area contributed by atoms with E-state index in [0.29, 0.717) is 5.56 Å². The number of carbonyl (C=O) groups is 1. The van der Waals surface area contributed by atoms with Crippen LogP contribution >= 0.6 is 0 Å². The molecule has 0 bridgehead atoms. The molecule has 7 nitrogen and oxygen atoms in total. The highest BCUT2D eigenvalue weighted by Crippen LogP contribution is 2.13. The fourth-order valence-electron chi connectivity index (χ4n) is 2.25. The number of H-pyrrole nitrogens is 1. The molecule has 3 heterocycles. The number of rotatable bonds is 3. The first kappa shape index (κ1) is 12.5. The Bertz CT molecular complexity index is 972. The monoisotopic (exact) mass is 293 g/mol. The number of imidazole rings is 1. The number of hydrogen-bond donors (Lipinski definition) is 1. The Morgan fingerprint density at radius 3 is 3.05 bits per heavy atom. The molecule has 0 saturated heterocycles. The van der Waals surface area contributed by atoms with Crippen molar-refractivity contribution in [2.75, 3.05) is 0 Å². The van der Waals surface area contributed by atoms with Gasteiger partial charge in [0.15, 0.2) is 0 Å². The van der Waals surface area contributed by atoms with Crippen LogP contribution in [0.25, 0.3) is 16.6 Å². The van der Waals surface area contributed by atoms with Crippen LogP contribution in [0.3, 0.4) is 0 Å². The van der Waals surface area contributed by atoms with E-state index in [0.717, 1.165) is 22.1 Å². The van der Waals surface area contributed by atoms with Crippen LogP contribution < -0.4 is 0 Å². The van der Waals surface area contributed by atoms with E-state index in [1.165, 1.54) is 0 Å². The summed E-state index contributed by atoms with van der Waals surface area (Å²) < 4.78 is 7.17. The zero-order valence-electron chi connectivity index (χ0n) is 11.4. The molecule has 0 aliphatic rings. The Hall–Kier alpha value is -3.22. The normalized spacial score (nSPS) is 11.1. The number of ether oxygens (including phenoxy) is 1. The number of esters is 1. The summed E-state index contributed by atoms with van der Waals surface area (Å²) in [4.78, 5) is 16.1. The zero-order valence-corrected chi connectivity index (χ0v) is 11.4. The summed E-state index contributed by atoms with van der Waals surface area (Å²) in [5.74, 6) is -0.371. The maximum atomic E-state index is 12.1. The summed E-state index contributed by atoms with van der Waals surface area (Å²) in [6.07, 6.45) is 5.15. The second-order valence-corrected chi connectivity index (χ2v) is 4.86. The second-order valence-electron chi connectivity index (χ2n) is 4.86. The van der Waals surface area contributed by atoms with Gasteiger partial charge in [0, 0.05) is 6.20 Å². The van der Waals surface area contributed by atoms with Gasteiger partial charge in [0.05, 0.1) is 23.6 Å². The third-order valence-electron chi connectivity index (χ3n) is 3.40. The molecule has 4 aromatic rings. The molecule has 3 aromatic heterocycles. The van der Waals surface area contributed by atoms with Crippen LogP contribution in [0, 0.1) is 0 Å². The first-order valence-corrected chi connectivity index (χ1v) is 6.68. The molecule has 7 heteroatoms. The van der Waals surface area contributed by atoms with Crippen molar-refractivity contribution < 1.29 is 9.53 Å². The Labute approximate surface area is 124 Å². The minimum Gasteiger partial charge on any atom is -0.457 e. The van der Waals surface area contributed by atoms with Crippen molar-refractivity contribution in [1.82, 2.24) is 24.8 Å². The molecular formula is C15H11N5O2. The van der Waals surface area contributed by atoms with Crippen molar-refractivity contribution in [3.8, 4) is 0 Å². The second kappa shape index (κ2) is 4.96. The molecule has 108 valence electrons. The topological polar surface area (TPSA) is 85.2 Å². The number of benzene rings is 1. The van der Waals surface area contributed by atoms with Crippen molar-refractivity contribution in [3.05, 3.63) is 60.2 Å². The quantitative estimate of drug-likeness (QED) is 0.584. The number of nitrogens with zero attached hydrogens (tertiary/aromatic N) is 4. The van der Waals surface area contributed by atoms with Gasteiger partial charge in [-0.25, -0.2) is 9.78 Å². The molecule has 0 unspecified atom stereocenters. The third kappa shape index (κ3) is 2.18. The van der Waals surface area contributed by atoms with E-state index < -0.39 is 0 Å². The lowest BCUT2D eigenvalue weighted by atomic mass is 10.2. The summed E-state index contributed by atoms with van der Waals surface area (Å²) in [7, 11) is 0. The van der Waals surface area contributed by atoms with E-state index in [9.17, 15) is 4.79 Å². The van der Waals surface area contributed by atoms with Crippen LogP contribution in [0.1, 0.15) is 15.9 Å². The maximum absolute atomic E-state index is 12.1. The molecule has 0 saturated carbocycles. The number of nitrogens with one attached hydrogen (secondary N) is 1. The van der Waals surface area contributed by atoms with Crippen LogP contribution in [-0.4, -0.2) is 30.8 Å². The average Bonchev–Trinajstić information content (AvgIpc) is 3.19. The highest BCUT2D eigenvalue weighted by molar-refractivity contribution is 5.90. The first-order valence-electron chi connectivity index (χ1n) is 6.68. The minimum absolute atomic E-state index is 0.187. The van der Waals surface area contributed by atoms with E-state index in [1.54, 1.807) is 30.9 Å². The molecule has 0 radical (unpaired) electrons. The van der Waals surface area contributed by atoms with Crippen molar-refractivity contribution >= 4 is 22.5 Å². The van der Waals surface area contributed by atoms with Gasteiger partial charge in [-0.05, 0) is 29.8 Å². The highest BCUT2D eigenvalue weighted by atomic mass is 16.5. The van der Waals surface area contributed by atoms with E-state index in [2.05, 4.69) is 20.4 Å². The summed E-state index contributed by atoms with van der Waals surface area (Å²) in [6, 6.07) is 8.99. The van der Waals surface area contributed by atoms with Crippen LogP contribution in [0.5, 0.6) is 0 Å². The number of carbonyl (C=O) groups excluding carboxylic acids is 1. The summed E-state index contributed by atoms with van der Waals surface area (Å²) in [5.41, 5.74) is 3.73. The van der Waals surface area contributed by atoms with Gasteiger partial charge >= 0.3 is 5.97 Å². The highest BCUT2D eigenvalue weighted by Gasteiger charge is 2.09. The fourth-order valence-corrected chi connectivity index (χ4v) is 2.25. The number of pyridine rings is 1. The molecule has 0 fully saturated rings. The van der Waals surface area contributed by atoms with Gasteiger partial charge < -0.3 is 9.14 Å². The van der Waals surface area contributed by atoms with Crippen molar-refractivity contribution in [2.24, 2.45) is 0 Å². The number of aromatic amines is 1. The smallest absolute Gasteiger partial charge is 0.338 e. The third-order valence-corrected chi connectivity index (χ3v) is 3.40. The van der Waals surface area contributed by atoms with E-state index >= 15 is 0 Å². The van der Waals surface area contributed by atoms with Crippen LogP contribution in [0.15, 0.2) is 49.1 Å². The SMILES string of the molecule is O=C(OCc1ccc2n[nH]nc2c1)c1ccn2cncc2c1. The standard InChI is InChI=1S/C15H11N5O2/c21-15(11-3-4-20-9-16-7-12(20)6-11)22-8-10-1-2-13-14(5-10)18-19-17-13/h1-7,9H,8H2,(H,17,18,19). The molecule has 22 heavy (non-hydrogen) atoms. The molecular weight excluding hydrogens is 282 g/mol. The number of fused-ring (bicyclic) bond motifs is 2. The van der Waals surface area contributed by atoms with E-state index in [-0.39, 0.29) is 12.6 Å². The lowest BCUT2D eigenvalue weighted by Gasteiger charge is -2.05. The largest absolute Gasteiger partial charge is 0.457 e. The van der Waals surface area contributed by atoms with Gasteiger partial charge in [0.25, 0.3) is 0 Å². The van der Waals surface area contributed by atoms with Gasteiger partial charge in [-0.2, -0.15) is 15.4 Å². The van der Waals surface area contributed by atoms with Crippen LogP contribution in [-0.2, 0) is 11.3 Å². The van der Waals surface area contributed by atoms with E-state index in [1.807, 2.05) is 22.6 Å². The average molecular weight is 293 g/mol. The summed E-state index contributed by atoms with van der Waals surface area (Å²) in [6.45, 7) is 0.187. The molecule has 4 rings (SSSR count). The minimum atomic E-state index is -0.371. The van der Waals surface area contributed by atoms with Crippen molar-refractivity contribution in [1.29, 1.82) is 0 Å². The molecule has 0 aliphatic heterocycles. The molecule has 0 spiro atoms.